The van der Waals surface area contributed by atoms with Gasteiger partial charge in [-0.05, 0) is 43.7 Å². The lowest BCUT2D eigenvalue weighted by Gasteiger charge is -2.15. The lowest BCUT2D eigenvalue weighted by molar-refractivity contribution is -0.207. The third-order valence-corrected chi connectivity index (χ3v) is 4.91. The minimum absolute atomic E-state index is 0.00409. The van der Waals surface area contributed by atoms with Crippen molar-refractivity contribution in [1.29, 1.82) is 0 Å². The van der Waals surface area contributed by atoms with E-state index < -0.39 is 24.5 Å². The fraction of sp³-hybridized carbons (Fsp3) is 0.333. The Labute approximate surface area is 181 Å². The summed E-state index contributed by atoms with van der Waals surface area (Å²) in [5, 5.41) is 14.3. The van der Waals surface area contributed by atoms with Crippen molar-refractivity contribution in [3.63, 3.8) is 0 Å². The van der Waals surface area contributed by atoms with Gasteiger partial charge in [0.05, 0.1) is 19.7 Å². The molecule has 166 valence electrons. The summed E-state index contributed by atoms with van der Waals surface area (Å²) in [6, 6.07) is 11.6. The number of hydrogen-bond acceptors (Lipinski definition) is 4. The van der Waals surface area contributed by atoms with E-state index in [1.54, 1.807) is 36.4 Å². The number of aryl methyl sites for hydroxylation is 1. The number of nitrogens with zero attached hydrogens (tertiary/aromatic N) is 3. The molecule has 6 nitrogen and oxygen atoms in total. The first-order chi connectivity index (χ1) is 14.6. The Morgan fingerprint density at radius 2 is 1.87 bits per heavy atom. The van der Waals surface area contributed by atoms with Crippen LogP contribution in [0.1, 0.15) is 18.1 Å². The fourth-order valence-electron chi connectivity index (χ4n) is 3.15. The van der Waals surface area contributed by atoms with Gasteiger partial charge in [-0.2, -0.15) is 13.2 Å². The summed E-state index contributed by atoms with van der Waals surface area (Å²) in [7, 11) is 0. The molecule has 1 N–H and O–H groups in total. The Morgan fingerprint density at radius 3 is 2.48 bits per heavy atom. The smallest absolute Gasteiger partial charge is 0.416 e. The average molecular weight is 456 g/mol. The van der Waals surface area contributed by atoms with Gasteiger partial charge in [-0.1, -0.05) is 29.8 Å². The van der Waals surface area contributed by atoms with Crippen LogP contribution in [0, 0.1) is 6.92 Å². The maximum atomic E-state index is 13.0. The van der Waals surface area contributed by atoms with E-state index in [0.29, 0.717) is 28.5 Å². The number of rotatable bonds is 7. The molecule has 0 radical (unpaired) electrons. The summed E-state index contributed by atoms with van der Waals surface area (Å²) in [4.78, 5) is 13.0. The van der Waals surface area contributed by atoms with Crippen LogP contribution in [0.2, 0.25) is 5.02 Å². The monoisotopic (exact) mass is 455 g/mol. The summed E-state index contributed by atoms with van der Waals surface area (Å²) in [5.74, 6) is 0.588. The van der Waals surface area contributed by atoms with Crippen molar-refractivity contribution in [2.75, 3.05) is 6.61 Å². The lowest BCUT2D eigenvalue weighted by atomic mass is 10.1. The fourth-order valence-corrected chi connectivity index (χ4v) is 3.27. The third-order valence-electron chi connectivity index (χ3n) is 4.66. The van der Waals surface area contributed by atoms with E-state index in [1.165, 1.54) is 0 Å². The molecule has 1 aromatic heterocycles. The van der Waals surface area contributed by atoms with Crippen LogP contribution in [-0.4, -0.2) is 38.3 Å². The Balaban J connectivity index is 2.08. The minimum atomic E-state index is -4.88. The lowest BCUT2D eigenvalue weighted by Crippen LogP contribution is -2.37. The molecule has 0 unspecified atom stereocenters. The highest BCUT2D eigenvalue weighted by Crippen LogP contribution is 2.26. The summed E-state index contributed by atoms with van der Waals surface area (Å²) >= 11 is 5.89. The van der Waals surface area contributed by atoms with Crippen LogP contribution in [0.15, 0.2) is 47.3 Å². The molecule has 0 saturated carbocycles. The molecule has 0 fully saturated rings. The predicted octanol–water partition coefficient (Wildman–Crippen LogP) is 4.04. The first-order valence-corrected chi connectivity index (χ1v) is 9.89. The minimum Gasteiger partial charge on any atom is -0.493 e. The summed E-state index contributed by atoms with van der Waals surface area (Å²) in [6.07, 6.45) is -7.59. The van der Waals surface area contributed by atoms with Crippen molar-refractivity contribution in [3.8, 4) is 17.1 Å². The van der Waals surface area contributed by atoms with Gasteiger partial charge in [0.2, 0.25) is 0 Å². The van der Waals surface area contributed by atoms with Crippen LogP contribution in [0.4, 0.5) is 13.2 Å². The first-order valence-electron chi connectivity index (χ1n) is 9.51. The topological polar surface area (TPSA) is 69.3 Å². The normalized spacial score (nSPS) is 12.7. The molecule has 3 rings (SSSR count). The van der Waals surface area contributed by atoms with E-state index in [9.17, 15) is 23.1 Å². The molecular weight excluding hydrogens is 435 g/mol. The van der Waals surface area contributed by atoms with Crippen LogP contribution in [0.3, 0.4) is 0 Å². The second-order valence-electron chi connectivity index (χ2n) is 6.93. The molecule has 10 heteroatoms. The van der Waals surface area contributed by atoms with Gasteiger partial charge in [0.1, 0.15) is 5.75 Å². The quantitative estimate of drug-likeness (QED) is 0.583. The van der Waals surface area contributed by atoms with Crippen molar-refractivity contribution in [2.45, 2.75) is 39.2 Å². The zero-order chi connectivity index (χ0) is 22.8. The van der Waals surface area contributed by atoms with Gasteiger partial charge in [-0.15, -0.1) is 5.10 Å². The summed E-state index contributed by atoms with van der Waals surface area (Å²) in [6.45, 7) is 3.11. The summed E-state index contributed by atoms with van der Waals surface area (Å²) < 4.78 is 46.4. The van der Waals surface area contributed by atoms with Gasteiger partial charge < -0.3 is 9.84 Å². The zero-order valence-electron chi connectivity index (χ0n) is 16.9. The van der Waals surface area contributed by atoms with Gasteiger partial charge in [-0.3, -0.25) is 4.57 Å². The molecule has 2 aromatic carbocycles. The average Bonchev–Trinajstić information content (AvgIpc) is 3.00. The van der Waals surface area contributed by atoms with Crippen LogP contribution < -0.4 is 10.4 Å². The maximum Gasteiger partial charge on any atom is 0.416 e. The molecule has 0 amide bonds. The molecule has 0 bridgehead atoms. The molecular formula is C21H21ClF3N3O3. The van der Waals surface area contributed by atoms with Crippen LogP contribution in [0.25, 0.3) is 11.4 Å². The number of hydrogen-bond donors (Lipinski definition) is 1. The van der Waals surface area contributed by atoms with Crippen LogP contribution in [-0.2, 0) is 13.1 Å². The van der Waals surface area contributed by atoms with E-state index in [0.717, 1.165) is 14.8 Å². The number of halogens is 4. The number of benzene rings is 2. The first kappa shape index (κ1) is 22.9. The van der Waals surface area contributed by atoms with Crippen LogP contribution >= 0.6 is 11.6 Å². The van der Waals surface area contributed by atoms with Crippen molar-refractivity contribution >= 4 is 11.6 Å². The standard InChI is InChI=1S/C21H21ClF3N3O3/c1-3-31-18-13(2)5-4-6-15(18)11-28-20(30)27(12-17(29)21(23,24)25)19(26-28)14-7-9-16(22)10-8-14/h4-10,17,29H,3,11-12H2,1-2H3/t17-/m1/s1. The number of aliphatic hydroxyl groups is 1. The highest BCUT2D eigenvalue weighted by molar-refractivity contribution is 6.30. The van der Waals surface area contributed by atoms with E-state index >= 15 is 0 Å². The number of para-hydroxylation sites is 1. The van der Waals surface area contributed by atoms with E-state index in [4.69, 9.17) is 16.3 Å². The number of alkyl halides is 3. The van der Waals surface area contributed by atoms with Crippen molar-refractivity contribution in [3.05, 3.63) is 69.1 Å². The number of ether oxygens (including phenoxy) is 1. The second kappa shape index (κ2) is 9.15. The second-order valence-corrected chi connectivity index (χ2v) is 7.37. The van der Waals surface area contributed by atoms with E-state index in [1.807, 2.05) is 19.9 Å². The molecule has 1 heterocycles. The van der Waals surface area contributed by atoms with Gasteiger partial charge in [0.25, 0.3) is 0 Å². The molecule has 0 aliphatic rings. The SMILES string of the molecule is CCOc1c(C)cccc1Cn1nc(-c2ccc(Cl)cc2)n(C[C@@H](O)C(F)(F)F)c1=O. The Morgan fingerprint density at radius 1 is 1.19 bits per heavy atom. The molecule has 0 spiro atoms. The Bertz CT molecular complexity index is 1110. The Kier molecular flexibility index (Phi) is 6.76. The van der Waals surface area contributed by atoms with Gasteiger partial charge in [0, 0.05) is 16.1 Å². The highest BCUT2D eigenvalue weighted by atomic mass is 35.5. The molecule has 0 aliphatic heterocycles. The molecule has 0 aliphatic carbocycles. The van der Waals surface area contributed by atoms with Crippen molar-refractivity contribution in [2.24, 2.45) is 0 Å². The van der Waals surface area contributed by atoms with Crippen molar-refractivity contribution < 1.29 is 23.0 Å². The third kappa shape index (κ3) is 5.11. The molecule has 3 aromatic rings. The predicted molar refractivity (Wildman–Crippen MR) is 110 cm³/mol. The molecule has 31 heavy (non-hydrogen) atoms. The highest BCUT2D eigenvalue weighted by Gasteiger charge is 2.39. The largest absolute Gasteiger partial charge is 0.493 e. The van der Waals surface area contributed by atoms with Gasteiger partial charge >= 0.3 is 11.9 Å². The van der Waals surface area contributed by atoms with Crippen LogP contribution in [0.5, 0.6) is 5.75 Å². The van der Waals surface area contributed by atoms with Crippen molar-refractivity contribution in [1.82, 2.24) is 14.3 Å². The summed E-state index contributed by atoms with van der Waals surface area (Å²) in [5.41, 5.74) is 1.13. The zero-order valence-corrected chi connectivity index (χ0v) is 17.6. The Hall–Kier alpha value is -2.78. The van der Waals surface area contributed by atoms with E-state index in [2.05, 4.69) is 5.10 Å². The van der Waals surface area contributed by atoms with Gasteiger partial charge in [0.15, 0.2) is 11.9 Å². The number of aromatic nitrogens is 3. The maximum absolute atomic E-state index is 13.0. The molecule has 0 saturated heterocycles. The number of aliphatic hydroxyl groups excluding tert-OH is 1. The van der Waals surface area contributed by atoms with Gasteiger partial charge in [-0.25, -0.2) is 9.48 Å². The van der Waals surface area contributed by atoms with E-state index in [-0.39, 0.29) is 12.4 Å². The molecule has 1 atom stereocenters.